The second-order valence-corrected chi connectivity index (χ2v) is 11.5. The lowest BCUT2D eigenvalue weighted by Crippen LogP contribution is -2.23. The van der Waals surface area contributed by atoms with Crippen molar-refractivity contribution in [2.75, 3.05) is 0 Å². The highest BCUT2D eigenvalue weighted by Crippen LogP contribution is 2.34. The van der Waals surface area contributed by atoms with Gasteiger partial charge in [0.25, 0.3) is 5.56 Å². The van der Waals surface area contributed by atoms with E-state index >= 15 is 0 Å². The molecule has 0 fully saturated rings. The van der Waals surface area contributed by atoms with Gasteiger partial charge in [-0.2, -0.15) is 0 Å². The molecule has 0 bridgehead atoms. The molecule has 0 unspecified atom stereocenters. The van der Waals surface area contributed by atoms with Crippen molar-refractivity contribution < 1.29 is 22.3 Å². The molecule has 0 saturated carbocycles. The number of hydrogen-bond acceptors (Lipinski definition) is 7. The molecule has 8 nitrogen and oxygen atoms in total. The number of thiophene rings is 1. The van der Waals surface area contributed by atoms with E-state index < -0.39 is 21.8 Å². The lowest BCUT2D eigenvalue weighted by molar-refractivity contribution is 0.0462. The van der Waals surface area contributed by atoms with Gasteiger partial charge < -0.3 is 9.72 Å². The van der Waals surface area contributed by atoms with Gasteiger partial charge in [0.1, 0.15) is 23.1 Å². The van der Waals surface area contributed by atoms with Crippen molar-refractivity contribution in [2.24, 2.45) is 0 Å². The average molecular weight is 548 g/mol. The molecule has 2 heterocycles. The number of aromatic nitrogens is 2. The molecule has 1 aliphatic rings. The zero-order chi connectivity index (χ0) is 25.4. The highest BCUT2D eigenvalue weighted by atomic mass is 35.5. The molecule has 0 atom stereocenters. The van der Waals surface area contributed by atoms with Crippen molar-refractivity contribution >= 4 is 49.1 Å². The van der Waals surface area contributed by atoms with Gasteiger partial charge >= 0.3 is 5.97 Å². The van der Waals surface area contributed by atoms with Crippen molar-refractivity contribution in [1.29, 1.82) is 0 Å². The lowest BCUT2D eigenvalue weighted by atomic mass is 10.1. The highest BCUT2D eigenvalue weighted by Gasteiger charge is 2.21. The van der Waals surface area contributed by atoms with Gasteiger partial charge in [0.2, 0.25) is 10.0 Å². The second-order valence-electron chi connectivity index (χ2n) is 8.22. The van der Waals surface area contributed by atoms with Crippen LogP contribution in [-0.4, -0.2) is 24.4 Å². The molecule has 186 valence electrons. The van der Waals surface area contributed by atoms with E-state index in [-0.39, 0.29) is 40.0 Å². The first-order valence-corrected chi connectivity index (χ1v) is 13.6. The summed E-state index contributed by atoms with van der Waals surface area (Å²) < 4.78 is 45.8. The molecule has 0 radical (unpaired) electrons. The van der Waals surface area contributed by atoms with Crippen molar-refractivity contribution in [3.8, 4) is 0 Å². The molecule has 0 amide bonds. The molecular weight excluding hydrogens is 529 g/mol. The fourth-order valence-electron chi connectivity index (χ4n) is 4.00. The molecule has 0 spiro atoms. The molecule has 36 heavy (non-hydrogen) atoms. The van der Waals surface area contributed by atoms with Crippen LogP contribution in [0.15, 0.2) is 52.2 Å². The molecule has 2 aromatic carbocycles. The Morgan fingerprint density at radius 1 is 1.19 bits per heavy atom. The number of nitrogens with one attached hydrogen (secondary N) is 2. The smallest absolute Gasteiger partial charge is 0.338 e. The SMILES string of the molecule is O=C(OCc1nc2sc3c(c2c(=O)[nH]1)CCC3)c1ccc(CNS(=O)(=O)c2ccc(F)c(Cl)c2)cc1. The number of aryl methyl sites for hydroxylation is 2. The number of esters is 1. The summed E-state index contributed by atoms with van der Waals surface area (Å²) in [6.45, 7) is -0.239. The number of hydrogen-bond donors (Lipinski definition) is 2. The van der Waals surface area contributed by atoms with Crippen LogP contribution in [0.5, 0.6) is 0 Å². The van der Waals surface area contributed by atoms with Crippen LogP contribution in [0.1, 0.15) is 38.6 Å². The van der Waals surface area contributed by atoms with E-state index in [4.69, 9.17) is 16.3 Å². The van der Waals surface area contributed by atoms with Gasteiger partial charge in [0, 0.05) is 11.4 Å². The third-order valence-electron chi connectivity index (χ3n) is 5.82. The Morgan fingerprint density at radius 2 is 1.97 bits per heavy atom. The molecule has 5 rings (SSSR count). The predicted octanol–water partition coefficient (Wildman–Crippen LogP) is 4.10. The largest absolute Gasteiger partial charge is 0.454 e. The Labute approximate surface area is 214 Å². The molecule has 2 aromatic heterocycles. The quantitative estimate of drug-likeness (QED) is 0.336. The third-order valence-corrected chi connectivity index (χ3v) is 8.70. The number of H-pyrrole nitrogens is 1. The zero-order valence-electron chi connectivity index (χ0n) is 18.6. The summed E-state index contributed by atoms with van der Waals surface area (Å²) in [7, 11) is -3.91. The van der Waals surface area contributed by atoms with Crippen molar-refractivity contribution in [3.63, 3.8) is 0 Å². The maximum Gasteiger partial charge on any atom is 0.338 e. The topological polar surface area (TPSA) is 118 Å². The molecule has 12 heteroatoms. The van der Waals surface area contributed by atoms with Crippen LogP contribution >= 0.6 is 22.9 Å². The van der Waals surface area contributed by atoms with E-state index in [9.17, 15) is 22.4 Å². The van der Waals surface area contributed by atoms with Crippen LogP contribution in [0.4, 0.5) is 4.39 Å². The summed E-state index contributed by atoms with van der Waals surface area (Å²) in [5.74, 6) is -1.05. The molecular formula is C24H19ClFN3O5S2. The Balaban J connectivity index is 1.20. The maximum atomic E-state index is 13.3. The highest BCUT2D eigenvalue weighted by molar-refractivity contribution is 7.89. The van der Waals surface area contributed by atoms with Crippen molar-refractivity contribution in [2.45, 2.75) is 37.3 Å². The monoisotopic (exact) mass is 547 g/mol. The minimum absolute atomic E-state index is 0.0530. The Morgan fingerprint density at radius 3 is 2.72 bits per heavy atom. The van der Waals surface area contributed by atoms with Crippen LogP contribution < -0.4 is 10.3 Å². The summed E-state index contributed by atoms with van der Waals surface area (Å²) in [5, 5.41) is 0.343. The van der Waals surface area contributed by atoms with E-state index in [2.05, 4.69) is 14.7 Å². The van der Waals surface area contributed by atoms with Crippen LogP contribution in [0.3, 0.4) is 0 Å². The number of ether oxygens (including phenoxy) is 1. The molecule has 2 N–H and O–H groups in total. The lowest BCUT2D eigenvalue weighted by Gasteiger charge is -2.09. The predicted molar refractivity (Wildman–Crippen MR) is 133 cm³/mol. The fraction of sp³-hybridized carbons (Fsp3) is 0.208. The van der Waals surface area contributed by atoms with Gasteiger partial charge in [0.15, 0.2) is 0 Å². The summed E-state index contributed by atoms with van der Waals surface area (Å²) in [6.07, 6.45) is 2.88. The van der Waals surface area contributed by atoms with Crippen molar-refractivity contribution in [1.82, 2.24) is 14.7 Å². The van der Waals surface area contributed by atoms with E-state index in [0.29, 0.717) is 15.8 Å². The number of fused-ring (bicyclic) bond motifs is 3. The van der Waals surface area contributed by atoms with Crippen LogP contribution in [0.2, 0.25) is 5.02 Å². The zero-order valence-corrected chi connectivity index (χ0v) is 21.0. The first-order chi connectivity index (χ1) is 17.2. The number of aromatic amines is 1. The number of sulfonamides is 1. The van der Waals surface area contributed by atoms with E-state index in [0.717, 1.165) is 43.0 Å². The summed E-state index contributed by atoms with van der Waals surface area (Å²) in [6, 6.07) is 9.30. The molecule has 0 aliphatic heterocycles. The van der Waals surface area contributed by atoms with Gasteiger partial charge in [-0.1, -0.05) is 23.7 Å². The maximum absolute atomic E-state index is 13.3. The Bertz CT molecular complexity index is 1650. The average Bonchev–Trinajstić information content (AvgIpc) is 3.44. The van der Waals surface area contributed by atoms with Gasteiger partial charge in [-0.3, -0.25) is 4.79 Å². The Kier molecular flexibility index (Phi) is 6.64. The minimum Gasteiger partial charge on any atom is -0.454 e. The molecule has 4 aromatic rings. The number of carbonyl (C=O) groups is 1. The molecule has 1 aliphatic carbocycles. The number of halogens is 2. The van der Waals surface area contributed by atoms with Gasteiger partial charge in [0.05, 0.1) is 20.9 Å². The first-order valence-electron chi connectivity index (χ1n) is 11.0. The number of rotatable bonds is 7. The standard InChI is InChI=1S/C24H19ClFN3O5S2/c25-17-10-15(8-9-18(17)26)36(32,33)27-11-13-4-6-14(7-5-13)24(31)34-12-20-28-22(30)21-16-2-1-3-19(16)35-23(21)29-20/h4-10,27H,1-3,11-12H2,(H,28,29,30). The van der Waals surface area contributed by atoms with Crippen LogP contribution in [0, 0.1) is 5.82 Å². The van der Waals surface area contributed by atoms with Crippen molar-refractivity contribution in [3.05, 3.63) is 91.1 Å². The van der Waals surface area contributed by atoms with Crippen LogP contribution in [0.25, 0.3) is 10.2 Å². The normalized spacial score (nSPS) is 13.2. The number of benzene rings is 2. The summed E-state index contributed by atoms with van der Waals surface area (Å²) in [5.41, 5.74) is 1.70. The third kappa shape index (κ3) is 4.92. The van der Waals surface area contributed by atoms with E-state index in [1.54, 1.807) is 12.1 Å². The summed E-state index contributed by atoms with van der Waals surface area (Å²) in [4.78, 5) is 33.8. The van der Waals surface area contributed by atoms with E-state index in [1.165, 1.54) is 28.3 Å². The minimum atomic E-state index is -3.91. The fourth-order valence-corrected chi connectivity index (χ4v) is 6.57. The first kappa shape index (κ1) is 24.6. The van der Waals surface area contributed by atoms with Gasteiger partial charge in [-0.05, 0) is 60.7 Å². The number of nitrogens with zero attached hydrogens (tertiary/aromatic N) is 1. The second kappa shape index (κ2) is 9.74. The van der Waals surface area contributed by atoms with Gasteiger partial charge in [-0.15, -0.1) is 11.3 Å². The van der Waals surface area contributed by atoms with E-state index in [1.807, 2.05) is 0 Å². The summed E-state index contributed by atoms with van der Waals surface area (Å²) >= 11 is 7.18. The van der Waals surface area contributed by atoms with Gasteiger partial charge in [-0.25, -0.2) is 27.3 Å². The Hall–Kier alpha value is -3.12. The number of carbonyl (C=O) groups excluding carboxylic acids is 1. The van der Waals surface area contributed by atoms with Crippen LogP contribution in [-0.2, 0) is 40.8 Å². The molecule has 0 saturated heterocycles.